The molecule has 2 heterocycles. The Labute approximate surface area is 167 Å². The van der Waals surface area contributed by atoms with Crippen molar-refractivity contribution in [2.24, 2.45) is 18.4 Å². The predicted molar refractivity (Wildman–Crippen MR) is 110 cm³/mol. The average molecular weight is 388 g/mol. The molecule has 0 saturated heterocycles. The maximum absolute atomic E-state index is 13.3. The predicted octanol–water partition coefficient (Wildman–Crippen LogP) is 5.32. The second-order valence-corrected chi connectivity index (χ2v) is 9.19. The van der Waals surface area contributed by atoms with E-state index < -0.39 is 0 Å². The molecule has 0 radical (unpaired) electrons. The lowest BCUT2D eigenvalue weighted by Crippen LogP contribution is -2.43. The van der Waals surface area contributed by atoms with Crippen molar-refractivity contribution in [3.63, 3.8) is 0 Å². The van der Waals surface area contributed by atoms with E-state index in [1.165, 1.54) is 12.8 Å². The van der Waals surface area contributed by atoms with E-state index in [0.717, 1.165) is 30.0 Å². The number of rotatable bonds is 4. The molecule has 0 N–H and O–H groups in total. The molecular formula is C22H30ClN3O. The molecule has 0 atom stereocenters. The van der Waals surface area contributed by atoms with Crippen LogP contribution in [-0.4, -0.2) is 26.4 Å². The molecule has 2 aromatic heterocycles. The summed E-state index contributed by atoms with van der Waals surface area (Å²) in [7, 11) is 1.92. The maximum Gasteiger partial charge on any atom is 0.271 e. The van der Waals surface area contributed by atoms with Gasteiger partial charge in [-0.3, -0.25) is 4.79 Å². The zero-order valence-electron chi connectivity index (χ0n) is 16.8. The fourth-order valence-electron chi connectivity index (χ4n) is 4.15. The fourth-order valence-corrected chi connectivity index (χ4v) is 4.26. The highest BCUT2D eigenvalue weighted by Crippen LogP contribution is 2.39. The third kappa shape index (κ3) is 4.73. The molecule has 0 bridgehead atoms. The monoisotopic (exact) mass is 387 g/mol. The smallest absolute Gasteiger partial charge is 0.271 e. The lowest BCUT2D eigenvalue weighted by molar-refractivity contribution is 0.0521. The van der Waals surface area contributed by atoms with Crippen LogP contribution in [0.5, 0.6) is 0 Å². The largest absolute Gasteiger partial charge is 0.347 e. The van der Waals surface area contributed by atoms with Gasteiger partial charge in [0.1, 0.15) is 10.8 Å². The van der Waals surface area contributed by atoms with Crippen LogP contribution in [0.4, 0.5) is 0 Å². The van der Waals surface area contributed by atoms with Gasteiger partial charge >= 0.3 is 0 Å². The van der Waals surface area contributed by atoms with Crippen LogP contribution in [0.2, 0.25) is 5.15 Å². The quantitative estimate of drug-likeness (QED) is 0.666. The highest BCUT2D eigenvalue weighted by Gasteiger charge is 2.34. The minimum absolute atomic E-state index is 0.0941. The van der Waals surface area contributed by atoms with E-state index in [1.54, 1.807) is 12.3 Å². The minimum atomic E-state index is 0.0941. The van der Waals surface area contributed by atoms with Crippen LogP contribution in [-0.2, 0) is 13.6 Å². The maximum atomic E-state index is 13.3. The molecule has 27 heavy (non-hydrogen) atoms. The molecule has 0 unspecified atom stereocenters. The molecule has 1 aliphatic carbocycles. The fraction of sp³-hybridized carbons (Fsp3) is 0.545. The van der Waals surface area contributed by atoms with Crippen molar-refractivity contribution in [2.75, 3.05) is 0 Å². The molecule has 4 nitrogen and oxygen atoms in total. The molecule has 1 fully saturated rings. The number of carbonyl (C=O) groups excluding carboxylic acids is 1. The van der Waals surface area contributed by atoms with E-state index in [0.29, 0.717) is 17.1 Å². The van der Waals surface area contributed by atoms with Gasteiger partial charge in [-0.25, -0.2) is 4.98 Å². The zero-order chi connectivity index (χ0) is 19.6. The number of hydrogen-bond acceptors (Lipinski definition) is 2. The molecule has 1 amide bonds. The molecule has 0 aromatic carbocycles. The van der Waals surface area contributed by atoms with Gasteiger partial charge in [0.05, 0.1) is 0 Å². The van der Waals surface area contributed by atoms with E-state index in [4.69, 9.17) is 11.6 Å². The van der Waals surface area contributed by atoms with E-state index in [-0.39, 0.29) is 11.9 Å². The zero-order valence-corrected chi connectivity index (χ0v) is 17.5. The molecule has 3 rings (SSSR count). The van der Waals surface area contributed by atoms with Gasteiger partial charge in [0.2, 0.25) is 0 Å². The summed E-state index contributed by atoms with van der Waals surface area (Å²) in [5, 5.41) is 0.477. The van der Waals surface area contributed by atoms with Gasteiger partial charge in [0, 0.05) is 32.0 Å². The average Bonchev–Trinajstić information content (AvgIpc) is 3.06. The van der Waals surface area contributed by atoms with Gasteiger partial charge in [-0.15, -0.1) is 0 Å². The van der Waals surface area contributed by atoms with Crippen LogP contribution in [0.15, 0.2) is 36.7 Å². The molecule has 2 aromatic rings. The van der Waals surface area contributed by atoms with Crippen LogP contribution in [0.1, 0.15) is 62.5 Å². The minimum Gasteiger partial charge on any atom is -0.347 e. The van der Waals surface area contributed by atoms with Crippen molar-refractivity contribution in [3.8, 4) is 0 Å². The summed E-state index contributed by atoms with van der Waals surface area (Å²) in [6.45, 7) is 7.54. The van der Waals surface area contributed by atoms with E-state index in [9.17, 15) is 4.79 Å². The van der Waals surface area contributed by atoms with Crippen LogP contribution in [0, 0.1) is 11.3 Å². The number of aryl methyl sites for hydroxylation is 1. The lowest BCUT2D eigenvalue weighted by Gasteiger charge is -2.41. The van der Waals surface area contributed by atoms with Crippen molar-refractivity contribution in [1.82, 2.24) is 14.5 Å². The van der Waals surface area contributed by atoms with Crippen LogP contribution >= 0.6 is 11.6 Å². The van der Waals surface area contributed by atoms with Gasteiger partial charge in [0.25, 0.3) is 5.91 Å². The Balaban J connectivity index is 1.81. The third-order valence-corrected chi connectivity index (χ3v) is 6.15. The van der Waals surface area contributed by atoms with Crippen LogP contribution < -0.4 is 0 Å². The molecule has 1 aliphatic rings. The van der Waals surface area contributed by atoms with Crippen molar-refractivity contribution in [2.45, 2.75) is 59.0 Å². The van der Waals surface area contributed by atoms with E-state index >= 15 is 0 Å². The number of amides is 1. The number of nitrogens with zero attached hydrogens (tertiary/aromatic N) is 3. The third-order valence-electron chi connectivity index (χ3n) is 5.93. The number of aromatic nitrogens is 2. The Bertz CT molecular complexity index is 768. The topological polar surface area (TPSA) is 38.1 Å². The Morgan fingerprint density at radius 2 is 1.93 bits per heavy atom. The van der Waals surface area contributed by atoms with Gasteiger partial charge in [-0.1, -0.05) is 38.4 Å². The van der Waals surface area contributed by atoms with E-state index in [2.05, 4.69) is 25.8 Å². The van der Waals surface area contributed by atoms with E-state index in [1.807, 2.05) is 40.9 Å². The Morgan fingerprint density at radius 3 is 2.44 bits per heavy atom. The second kappa shape index (κ2) is 8.05. The number of hydrogen-bond donors (Lipinski definition) is 0. The van der Waals surface area contributed by atoms with Crippen LogP contribution in [0.25, 0.3) is 0 Å². The van der Waals surface area contributed by atoms with Crippen molar-refractivity contribution < 1.29 is 4.79 Å². The number of pyridine rings is 1. The van der Waals surface area contributed by atoms with Crippen molar-refractivity contribution >= 4 is 17.5 Å². The molecule has 146 valence electrons. The summed E-state index contributed by atoms with van der Waals surface area (Å²) in [6.07, 6.45) is 8.15. The van der Waals surface area contributed by atoms with Crippen molar-refractivity contribution in [1.29, 1.82) is 0 Å². The molecular weight excluding hydrogens is 358 g/mol. The van der Waals surface area contributed by atoms with Crippen LogP contribution in [0.3, 0.4) is 0 Å². The Morgan fingerprint density at radius 1 is 1.22 bits per heavy atom. The first-order valence-corrected chi connectivity index (χ1v) is 10.2. The van der Waals surface area contributed by atoms with Gasteiger partial charge in [-0.05, 0) is 60.8 Å². The highest BCUT2D eigenvalue weighted by atomic mass is 35.5. The Kier molecular flexibility index (Phi) is 5.95. The Hall–Kier alpha value is -1.81. The summed E-state index contributed by atoms with van der Waals surface area (Å²) < 4.78 is 1.90. The summed E-state index contributed by atoms with van der Waals surface area (Å²) in [5.41, 5.74) is 2.08. The molecule has 0 aliphatic heterocycles. The normalized spacial score (nSPS) is 20.5. The number of halogens is 1. The standard InChI is InChI=1S/C22H30ClN3O/c1-22(2,3)17-8-10-18(11-9-17)26(15-16-7-12-20(23)24-14-16)21(27)19-6-5-13-25(19)4/h5-7,12-14,17-18H,8-11,15H2,1-4H3. The number of carbonyl (C=O) groups is 1. The molecule has 1 saturated carbocycles. The lowest BCUT2D eigenvalue weighted by atomic mass is 9.71. The van der Waals surface area contributed by atoms with Gasteiger partial charge < -0.3 is 9.47 Å². The summed E-state index contributed by atoms with van der Waals surface area (Å²) in [6, 6.07) is 7.84. The first-order valence-electron chi connectivity index (χ1n) is 9.78. The molecule has 0 spiro atoms. The molecule has 5 heteroatoms. The summed E-state index contributed by atoms with van der Waals surface area (Å²) in [4.78, 5) is 19.6. The second-order valence-electron chi connectivity index (χ2n) is 8.80. The summed E-state index contributed by atoms with van der Waals surface area (Å²) in [5.74, 6) is 0.814. The first kappa shape index (κ1) is 19.9. The van der Waals surface area contributed by atoms with Gasteiger partial charge in [0.15, 0.2) is 0 Å². The SMILES string of the molecule is Cn1cccc1C(=O)N(Cc1ccc(Cl)nc1)C1CCC(C(C)(C)C)CC1. The van der Waals surface area contributed by atoms with Crippen molar-refractivity contribution in [3.05, 3.63) is 53.1 Å². The van der Waals surface area contributed by atoms with Gasteiger partial charge in [-0.2, -0.15) is 0 Å². The summed E-state index contributed by atoms with van der Waals surface area (Å²) >= 11 is 5.93. The highest BCUT2D eigenvalue weighted by molar-refractivity contribution is 6.29. The first-order chi connectivity index (χ1) is 12.8.